The third-order valence-electron chi connectivity index (χ3n) is 2.71. The van der Waals surface area contributed by atoms with Gasteiger partial charge in [-0.2, -0.15) is 0 Å². The Morgan fingerprint density at radius 3 is 2.87 bits per heavy atom. The lowest BCUT2D eigenvalue weighted by atomic mass is 9.85. The molecular weight excluding hydrogens is 192 g/mol. The van der Waals surface area contributed by atoms with Crippen molar-refractivity contribution in [3.63, 3.8) is 0 Å². The highest BCUT2D eigenvalue weighted by molar-refractivity contribution is 5.73. The van der Waals surface area contributed by atoms with Crippen LogP contribution < -0.4 is 11.5 Å². The van der Waals surface area contributed by atoms with Gasteiger partial charge < -0.3 is 10.2 Å². The van der Waals surface area contributed by atoms with Gasteiger partial charge in [0.1, 0.15) is 0 Å². The van der Waals surface area contributed by atoms with Crippen LogP contribution in [0, 0.1) is 0 Å². The second-order valence-electron chi connectivity index (χ2n) is 4.31. The third-order valence-corrected chi connectivity index (χ3v) is 2.71. The molecule has 0 amide bonds. The maximum absolute atomic E-state index is 11.0. The summed E-state index contributed by atoms with van der Waals surface area (Å²) in [4.78, 5) is 13.6. The molecule has 1 aromatic carbocycles. The van der Waals surface area contributed by atoms with Gasteiger partial charge >= 0.3 is 5.76 Å². The molecule has 15 heavy (non-hydrogen) atoms. The molecule has 0 radical (unpaired) electrons. The van der Waals surface area contributed by atoms with Crippen molar-refractivity contribution in [2.24, 2.45) is 5.73 Å². The van der Waals surface area contributed by atoms with Crippen molar-refractivity contribution in [3.8, 4) is 0 Å². The molecule has 4 heteroatoms. The van der Waals surface area contributed by atoms with E-state index in [-0.39, 0.29) is 5.41 Å². The zero-order valence-electron chi connectivity index (χ0n) is 8.83. The van der Waals surface area contributed by atoms with Gasteiger partial charge in [-0.3, -0.25) is 4.98 Å². The lowest BCUT2D eigenvalue weighted by Crippen LogP contribution is -2.27. The standard InChI is InChI=1S/C11H14N2O2/c1-11(2,6-12)7-3-4-8-9(5-7)15-10(14)13-8/h3-5H,6,12H2,1-2H3,(H,13,14). The maximum Gasteiger partial charge on any atom is 0.417 e. The summed E-state index contributed by atoms with van der Waals surface area (Å²) < 4.78 is 5.00. The van der Waals surface area contributed by atoms with Gasteiger partial charge in [0.05, 0.1) is 5.52 Å². The summed E-state index contributed by atoms with van der Waals surface area (Å²) in [5, 5.41) is 0. The number of benzene rings is 1. The number of oxazole rings is 1. The van der Waals surface area contributed by atoms with Crippen molar-refractivity contribution >= 4 is 11.1 Å². The molecule has 4 nitrogen and oxygen atoms in total. The van der Waals surface area contributed by atoms with Crippen LogP contribution in [0.1, 0.15) is 19.4 Å². The second kappa shape index (κ2) is 3.24. The van der Waals surface area contributed by atoms with Crippen LogP contribution in [0.3, 0.4) is 0 Å². The monoisotopic (exact) mass is 206 g/mol. The summed E-state index contributed by atoms with van der Waals surface area (Å²) in [5.74, 6) is -0.423. The van der Waals surface area contributed by atoms with Crippen molar-refractivity contribution in [1.29, 1.82) is 0 Å². The van der Waals surface area contributed by atoms with Crippen molar-refractivity contribution in [3.05, 3.63) is 34.3 Å². The molecule has 80 valence electrons. The fraction of sp³-hybridized carbons (Fsp3) is 0.364. The number of H-pyrrole nitrogens is 1. The first-order chi connectivity index (χ1) is 7.03. The first-order valence-electron chi connectivity index (χ1n) is 4.86. The Hall–Kier alpha value is -1.55. The van der Waals surface area contributed by atoms with Crippen LogP contribution in [-0.2, 0) is 5.41 Å². The summed E-state index contributed by atoms with van der Waals surface area (Å²) in [5.41, 5.74) is 7.95. The second-order valence-corrected chi connectivity index (χ2v) is 4.31. The highest BCUT2D eigenvalue weighted by atomic mass is 16.4. The van der Waals surface area contributed by atoms with E-state index >= 15 is 0 Å². The van der Waals surface area contributed by atoms with E-state index in [1.165, 1.54) is 0 Å². The van der Waals surface area contributed by atoms with E-state index in [0.29, 0.717) is 12.1 Å². The van der Waals surface area contributed by atoms with E-state index in [1.807, 2.05) is 18.2 Å². The fourth-order valence-corrected chi connectivity index (χ4v) is 1.48. The van der Waals surface area contributed by atoms with E-state index in [4.69, 9.17) is 10.2 Å². The number of hydrogen-bond acceptors (Lipinski definition) is 3. The normalized spacial score (nSPS) is 12.2. The van der Waals surface area contributed by atoms with Gasteiger partial charge in [-0.05, 0) is 17.7 Å². The molecule has 0 atom stereocenters. The predicted octanol–water partition coefficient (Wildman–Crippen LogP) is 1.36. The highest BCUT2D eigenvalue weighted by Gasteiger charge is 2.19. The molecule has 3 N–H and O–H groups in total. The van der Waals surface area contributed by atoms with Gasteiger partial charge in [0.2, 0.25) is 0 Å². The van der Waals surface area contributed by atoms with Crippen LogP contribution in [0.5, 0.6) is 0 Å². The lowest BCUT2D eigenvalue weighted by Gasteiger charge is -2.22. The number of nitrogens with two attached hydrogens (primary N) is 1. The largest absolute Gasteiger partial charge is 0.417 e. The van der Waals surface area contributed by atoms with Crippen molar-refractivity contribution in [1.82, 2.24) is 4.98 Å². The van der Waals surface area contributed by atoms with Gasteiger partial charge in [0.15, 0.2) is 5.58 Å². The molecule has 0 aliphatic heterocycles. The third kappa shape index (κ3) is 1.68. The Bertz CT molecular complexity index is 537. The van der Waals surface area contributed by atoms with Crippen molar-refractivity contribution < 1.29 is 4.42 Å². The minimum Gasteiger partial charge on any atom is -0.408 e. The molecule has 2 aromatic rings. The Morgan fingerprint density at radius 1 is 1.47 bits per heavy atom. The summed E-state index contributed by atoms with van der Waals surface area (Å²) in [7, 11) is 0. The minimum absolute atomic E-state index is 0.107. The summed E-state index contributed by atoms with van der Waals surface area (Å²) in [6, 6.07) is 5.66. The van der Waals surface area contributed by atoms with Gasteiger partial charge in [-0.15, -0.1) is 0 Å². The Morgan fingerprint density at radius 2 is 2.20 bits per heavy atom. The fourth-order valence-electron chi connectivity index (χ4n) is 1.48. The molecule has 0 spiro atoms. The van der Waals surface area contributed by atoms with Gasteiger partial charge in [-0.25, -0.2) is 4.79 Å². The first-order valence-corrected chi connectivity index (χ1v) is 4.86. The average molecular weight is 206 g/mol. The minimum atomic E-state index is -0.423. The number of aromatic nitrogens is 1. The number of fused-ring (bicyclic) bond motifs is 1. The summed E-state index contributed by atoms with van der Waals surface area (Å²) in [6.45, 7) is 4.66. The molecule has 0 saturated heterocycles. The van der Waals surface area contributed by atoms with Crippen LogP contribution in [0.15, 0.2) is 27.4 Å². The van der Waals surface area contributed by atoms with E-state index in [9.17, 15) is 4.79 Å². The van der Waals surface area contributed by atoms with Crippen LogP contribution in [-0.4, -0.2) is 11.5 Å². The van der Waals surface area contributed by atoms with E-state index < -0.39 is 5.76 Å². The first kappa shape index (κ1) is 9.98. The molecule has 0 unspecified atom stereocenters. The topological polar surface area (TPSA) is 72.0 Å². The number of rotatable bonds is 2. The van der Waals surface area contributed by atoms with E-state index in [2.05, 4.69) is 18.8 Å². The van der Waals surface area contributed by atoms with E-state index in [1.54, 1.807) is 0 Å². The maximum atomic E-state index is 11.0. The van der Waals surface area contributed by atoms with Crippen molar-refractivity contribution in [2.45, 2.75) is 19.3 Å². The molecule has 0 saturated carbocycles. The molecule has 2 rings (SSSR count). The molecule has 0 bridgehead atoms. The molecule has 0 aliphatic carbocycles. The van der Waals surface area contributed by atoms with E-state index in [0.717, 1.165) is 11.1 Å². The Labute approximate surface area is 87.1 Å². The van der Waals surface area contributed by atoms with Crippen LogP contribution in [0.4, 0.5) is 0 Å². The van der Waals surface area contributed by atoms with Gasteiger partial charge in [-0.1, -0.05) is 19.9 Å². The average Bonchev–Trinajstić information content (AvgIpc) is 2.56. The number of hydrogen-bond donors (Lipinski definition) is 2. The zero-order valence-corrected chi connectivity index (χ0v) is 8.83. The SMILES string of the molecule is CC(C)(CN)c1ccc2[nH]c(=O)oc2c1. The quantitative estimate of drug-likeness (QED) is 0.779. The number of nitrogens with one attached hydrogen (secondary N) is 1. The zero-order chi connectivity index (χ0) is 11.1. The molecular formula is C11H14N2O2. The van der Waals surface area contributed by atoms with Crippen LogP contribution in [0.25, 0.3) is 11.1 Å². The Balaban J connectivity index is 2.60. The summed E-state index contributed by atoms with van der Waals surface area (Å²) >= 11 is 0. The smallest absolute Gasteiger partial charge is 0.408 e. The molecule has 0 aliphatic rings. The Kier molecular flexibility index (Phi) is 2.16. The van der Waals surface area contributed by atoms with Crippen molar-refractivity contribution in [2.75, 3.05) is 6.54 Å². The summed E-state index contributed by atoms with van der Waals surface area (Å²) in [6.07, 6.45) is 0. The molecule has 1 aromatic heterocycles. The van der Waals surface area contributed by atoms with Crippen LogP contribution in [0.2, 0.25) is 0 Å². The number of aromatic amines is 1. The molecule has 0 fully saturated rings. The highest BCUT2D eigenvalue weighted by Crippen LogP contribution is 2.24. The van der Waals surface area contributed by atoms with Gasteiger partial charge in [0.25, 0.3) is 0 Å². The lowest BCUT2D eigenvalue weighted by molar-refractivity contribution is 0.532. The predicted molar refractivity (Wildman–Crippen MR) is 58.9 cm³/mol. The van der Waals surface area contributed by atoms with Gasteiger partial charge in [0, 0.05) is 12.0 Å². The molecule has 1 heterocycles. The van der Waals surface area contributed by atoms with Crippen LogP contribution >= 0.6 is 0 Å².